The van der Waals surface area contributed by atoms with Crippen LogP contribution in [0.25, 0.3) is 0 Å². The van der Waals surface area contributed by atoms with Crippen molar-refractivity contribution >= 4 is 11.6 Å². The van der Waals surface area contributed by atoms with E-state index in [2.05, 4.69) is 39.9 Å². The third-order valence-corrected chi connectivity index (χ3v) is 7.60. The smallest absolute Gasteiger partial charge is 0.231 e. The number of amides is 1. The van der Waals surface area contributed by atoms with Crippen molar-refractivity contribution in [3.8, 4) is 17.2 Å². The van der Waals surface area contributed by atoms with Gasteiger partial charge in [-0.3, -0.25) is 4.79 Å². The maximum Gasteiger partial charge on any atom is 0.231 e. The van der Waals surface area contributed by atoms with E-state index >= 15 is 0 Å². The van der Waals surface area contributed by atoms with Crippen LogP contribution in [0.15, 0.2) is 36.4 Å². The predicted octanol–water partition coefficient (Wildman–Crippen LogP) is 3.59. The molecule has 0 saturated carbocycles. The van der Waals surface area contributed by atoms with E-state index in [0.29, 0.717) is 12.3 Å². The number of carbonyl (C=O) groups is 1. The molecule has 0 bridgehead atoms. The largest absolute Gasteiger partial charge is 0.497 e. The van der Waals surface area contributed by atoms with Crippen LogP contribution in [0.1, 0.15) is 30.4 Å². The Morgan fingerprint density at radius 2 is 1.86 bits per heavy atom. The van der Waals surface area contributed by atoms with E-state index in [1.807, 2.05) is 18.2 Å². The van der Waals surface area contributed by atoms with E-state index in [0.717, 1.165) is 74.9 Å². The fourth-order valence-electron chi connectivity index (χ4n) is 5.58. The summed E-state index contributed by atoms with van der Waals surface area (Å²) in [6.45, 7) is 6.28. The Balaban J connectivity index is 1.09. The van der Waals surface area contributed by atoms with Crippen LogP contribution in [0.5, 0.6) is 17.2 Å². The standard InChI is InChI=1S/C28H37N3O4/c1-29(24-6-8-25(33-2)9-7-24)11-4-13-30-12-3-5-21(18-30)19-31-14-10-22-15-26-27(35-20-34-26)16-23(22)17-28(31)32/h6-9,15-16,21H,3-5,10-14,17-20H2,1-2H3. The minimum absolute atomic E-state index is 0.237. The number of likely N-dealkylation sites (tertiary alicyclic amines) is 1. The first kappa shape index (κ1) is 23.8. The number of anilines is 1. The number of nitrogens with zero attached hydrogens (tertiary/aromatic N) is 3. The van der Waals surface area contributed by atoms with E-state index in [4.69, 9.17) is 14.2 Å². The molecule has 1 unspecified atom stereocenters. The van der Waals surface area contributed by atoms with Crippen LogP contribution in [-0.4, -0.2) is 75.9 Å². The van der Waals surface area contributed by atoms with Crippen LogP contribution in [0, 0.1) is 5.92 Å². The molecule has 0 N–H and O–H groups in total. The molecule has 0 spiro atoms. The minimum atomic E-state index is 0.237. The Labute approximate surface area is 208 Å². The molecule has 3 heterocycles. The minimum Gasteiger partial charge on any atom is -0.497 e. The molecule has 2 aromatic carbocycles. The summed E-state index contributed by atoms with van der Waals surface area (Å²) in [6.07, 6.45) is 4.88. The van der Waals surface area contributed by atoms with Gasteiger partial charge >= 0.3 is 0 Å². The van der Waals surface area contributed by atoms with Gasteiger partial charge in [-0.15, -0.1) is 0 Å². The van der Waals surface area contributed by atoms with Crippen LogP contribution in [-0.2, 0) is 17.6 Å². The second kappa shape index (κ2) is 10.8. The molecule has 7 nitrogen and oxygen atoms in total. The van der Waals surface area contributed by atoms with Crippen molar-refractivity contribution in [2.75, 3.05) is 65.1 Å². The first-order chi connectivity index (χ1) is 17.1. The summed E-state index contributed by atoms with van der Waals surface area (Å²) in [6, 6.07) is 12.3. The molecule has 1 saturated heterocycles. The summed E-state index contributed by atoms with van der Waals surface area (Å²) in [4.78, 5) is 20.1. The second-order valence-corrected chi connectivity index (χ2v) is 10.0. The number of piperidine rings is 1. The molecule has 3 aliphatic heterocycles. The number of carbonyl (C=O) groups excluding carboxylic acids is 1. The molecule has 0 radical (unpaired) electrons. The van der Waals surface area contributed by atoms with E-state index in [1.54, 1.807) is 7.11 Å². The Hall–Kier alpha value is -2.93. The van der Waals surface area contributed by atoms with E-state index in [9.17, 15) is 4.79 Å². The van der Waals surface area contributed by atoms with Crippen molar-refractivity contribution < 1.29 is 19.0 Å². The van der Waals surface area contributed by atoms with E-state index < -0.39 is 0 Å². The van der Waals surface area contributed by atoms with Gasteiger partial charge in [0, 0.05) is 38.9 Å². The topological polar surface area (TPSA) is 54.5 Å². The molecule has 1 atom stereocenters. The average Bonchev–Trinajstić information content (AvgIpc) is 3.27. The van der Waals surface area contributed by atoms with Crippen LogP contribution in [0.3, 0.4) is 0 Å². The van der Waals surface area contributed by atoms with Gasteiger partial charge in [0.15, 0.2) is 11.5 Å². The van der Waals surface area contributed by atoms with Gasteiger partial charge in [-0.2, -0.15) is 0 Å². The monoisotopic (exact) mass is 479 g/mol. The highest BCUT2D eigenvalue weighted by Gasteiger charge is 2.28. The van der Waals surface area contributed by atoms with Crippen molar-refractivity contribution in [3.63, 3.8) is 0 Å². The zero-order valence-corrected chi connectivity index (χ0v) is 21.0. The lowest BCUT2D eigenvalue weighted by molar-refractivity contribution is -0.131. The molecule has 1 fully saturated rings. The number of ether oxygens (including phenoxy) is 3. The highest BCUT2D eigenvalue weighted by Crippen LogP contribution is 2.36. The van der Waals surface area contributed by atoms with Crippen molar-refractivity contribution in [3.05, 3.63) is 47.5 Å². The van der Waals surface area contributed by atoms with Gasteiger partial charge in [-0.05, 0) is 92.2 Å². The van der Waals surface area contributed by atoms with Crippen LogP contribution < -0.4 is 19.1 Å². The molecule has 35 heavy (non-hydrogen) atoms. The Morgan fingerprint density at radius 3 is 2.63 bits per heavy atom. The summed E-state index contributed by atoms with van der Waals surface area (Å²) in [5.41, 5.74) is 3.52. The van der Waals surface area contributed by atoms with Gasteiger partial charge in [-0.1, -0.05) is 0 Å². The van der Waals surface area contributed by atoms with E-state index in [-0.39, 0.29) is 12.7 Å². The second-order valence-electron chi connectivity index (χ2n) is 10.0. The maximum absolute atomic E-state index is 13.1. The fourth-order valence-corrected chi connectivity index (χ4v) is 5.58. The van der Waals surface area contributed by atoms with Crippen LogP contribution in [0.4, 0.5) is 5.69 Å². The third kappa shape index (κ3) is 5.67. The summed E-state index contributed by atoms with van der Waals surface area (Å²) in [5, 5.41) is 0. The Morgan fingerprint density at radius 1 is 1.09 bits per heavy atom. The molecule has 7 heteroatoms. The summed E-state index contributed by atoms with van der Waals surface area (Å²) in [7, 11) is 3.85. The number of hydrogen-bond donors (Lipinski definition) is 0. The Kier molecular flexibility index (Phi) is 7.32. The molecule has 5 rings (SSSR count). The van der Waals surface area contributed by atoms with Gasteiger partial charge in [-0.25, -0.2) is 0 Å². The first-order valence-corrected chi connectivity index (χ1v) is 12.9. The summed E-state index contributed by atoms with van der Waals surface area (Å²) >= 11 is 0. The number of methoxy groups -OCH3 is 1. The summed E-state index contributed by atoms with van der Waals surface area (Å²) in [5.74, 6) is 3.25. The van der Waals surface area contributed by atoms with Crippen molar-refractivity contribution in [2.24, 2.45) is 5.92 Å². The van der Waals surface area contributed by atoms with Gasteiger partial charge in [0.25, 0.3) is 0 Å². The van der Waals surface area contributed by atoms with Crippen molar-refractivity contribution in [2.45, 2.75) is 32.1 Å². The molecular formula is C28H37N3O4. The fraction of sp³-hybridized carbons (Fsp3) is 0.536. The predicted molar refractivity (Wildman–Crippen MR) is 137 cm³/mol. The number of fused-ring (bicyclic) bond motifs is 2. The normalized spacial score (nSPS) is 19.9. The molecular weight excluding hydrogens is 442 g/mol. The Bertz CT molecular complexity index is 1030. The molecule has 1 amide bonds. The van der Waals surface area contributed by atoms with Crippen molar-refractivity contribution in [1.82, 2.24) is 9.80 Å². The van der Waals surface area contributed by atoms with Gasteiger partial charge < -0.3 is 28.9 Å². The highest BCUT2D eigenvalue weighted by atomic mass is 16.7. The van der Waals surface area contributed by atoms with E-state index in [1.165, 1.54) is 24.1 Å². The number of benzene rings is 2. The number of hydrogen-bond acceptors (Lipinski definition) is 6. The molecule has 2 aromatic rings. The SMILES string of the molecule is COc1ccc(N(C)CCCN2CCCC(CN3CCc4cc5c(cc4CC3=O)OCO5)C2)cc1. The average molecular weight is 480 g/mol. The van der Waals surface area contributed by atoms with Gasteiger partial charge in [0.1, 0.15) is 5.75 Å². The van der Waals surface area contributed by atoms with Crippen molar-refractivity contribution in [1.29, 1.82) is 0 Å². The van der Waals surface area contributed by atoms with Crippen LogP contribution in [0.2, 0.25) is 0 Å². The van der Waals surface area contributed by atoms with Crippen LogP contribution >= 0.6 is 0 Å². The third-order valence-electron chi connectivity index (χ3n) is 7.60. The van der Waals surface area contributed by atoms with Gasteiger partial charge in [0.2, 0.25) is 12.7 Å². The number of rotatable bonds is 8. The lowest BCUT2D eigenvalue weighted by atomic mass is 9.97. The quantitative estimate of drug-likeness (QED) is 0.577. The zero-order valence-electron chi connectivity index (χ0n) is 21.0. The molecule has 0 aliphatic carbocycles. The maximum atomic E-state index is 13.1. The summed E-state index contributed by atoms with van der Waals surface area (Å²) < 4.78 is 16.3. The first-order valence-electron chi connectivity index (χ1n) is 12.9. The molecule has 0 aromatic heterocycles. The lowest BCUT2D eigenvalue weighted by Crippen LogP contribution is -2.44. The van der Waals surface area contributed by atoms with Gasteiger partial charge in [0.05, 0.1) is 13.5 Å². The molecule has 3 aliphatic rings. The lowest BCUT2D eigenvalue weighted by Gasteiger charge is -2.35. The highest BCUT2D eigenvalue weighted by molar-refractivity contribution is 5.80. The zero-order chi connectivity index (χ0) is 24.2. The molecule has 188 valence electrons.